The van der Waals surface area contributed by atoms with Gasteiger partial charge in [0.2, 0.25) is 0 Å². The molecule has 2 aliphatic rings. The lowest BCUT2D eigenvalue weighted by atomic mass is 9.89. The number of ether oxygens (including phenoxy) is 2. The van der Waals surface area contributed by atoms with Crippen LogP contribution in [-0.4, -0.2) is 60.2 Å². The first-order valence-electron chi connectivity index (χ1n) is 11.5. The molecule has 0 saturated carbocycles. The van der Waals surface area contributed by atoms with E-state index in [-0.39, 0.29) is 12.6 Å². The van der Waals surface area contributed by atoms with Gasteiger partial charge in [0.15, 0.2) is 0 Å². The molecule has 4 rings (SSSR count). The zero-order chi connectivity index (χ0) is 22.6. The fraction of sp³-hybridized carbons (Fsp3) is 0.500. The minimum Gasteiger partial charge on any atom is -0.490 e. The van der Waals surface area contributed by atoms with E-state index in [1.165, 1.54) is 24.4 Å². The molecule has 0 radical (unpaired) electrons. The number of esters is 1. The van der Waals surface area contributed by atoms with Crippen LogP contribution in [0.4, 0.5) is 0 Å². The average molecular weight is 456 g/mol. The number of thioether (sulfide) groups is 1. The number of hydrogen-bond acceptors (Lipinski definition) is 6. The average Bonchev–Trinajstić information content (AvgIpc) is 2.96. The number of carbonyl (C=O) groups excluding carboxylic acids is 1. The molecule has 2 aromatic rings. The van der Waals surface area contributed by atoms with Crippen molar-refractivity contribution in [2.45, 2.75) is 54.3 Å². The summed E-state index contributed by atoms with van der Waals surface area (Å²) in [5.41, 5.74) is 2.53. The second-order valence-corrected chi connectivity index (χ2v) is 10.3. The van der Waals surface area contributed by atoms with Gasteiger partial charge in [-0.05, 0) is 81.4 Å². The van der Waals surface area contributed by atoms with Gasteiger partial charge in [0.25, 0.3) is 0 Å². The van der Waals surface area contributed by atoms with Gasteiger partial charge in [-0.3, -0.25) is 4.79 Å². The number of likely N-dealkylation sites (tertiary alicyclic amines) is 1. The number of carbonyl (C=O) groups is 1. The lowest BCUT2D eigenvalue weighted by Crippen LogP contribution is -2.49. The molecule has 0 aliphatic carbocycles. The summed E-state index contributed by atoms with van der Waals surface area (Å²) in [5.74, 6) is 0.967. The standard InChI is InChI=1S/C26H33NO4S/c1-19-9-10-22-23(17-19)32-26(25(29)30-2,24(28)18-31-22)13-6-14-27-15-11-21(12-16-27)20-7-4-3-5-8-20/h3-5,7-10,17,21,24,28H,6,11-16,18H2,1-2H3. The van der Waals surface area contributed by atoms with Crippen molar-refractivity contribution in [2.75, 3.05) is 33.4 Å². The topological polar surface area (TPSA) is 59.0 Å². The Labute approximate surface area is 195 Å². The molecule has 1 saturated heterocycles. The van der Waals surface area contributed by atoms with Crippen molar-refractivity contribution in [3.63, 3.8) is 0 Å². The van der Waals surface area contributed by atoms with E-state index < -0.39 is 10.9 Å². The van der Waals surface area contributed by atoms with Gasteiger partial charge in [-0.1, -0.05) is 36.4 Å². The molecule has 1 fully saturated rings. The molecule has 2 aromatic carbocycles. The quantitative estimate of drug-likeness (QED) is 0.651. The van der Waals surface area contributed by atoms with Gasteiger partial charge in [-0.15, -0.1) is 11.8 Å². The van der Waals surface area contributed by atoms with Crippen LogP contribution in [0.3, 0.4) is 0 Å². The largest absolute Gasteiger partial charge is 0.490 e. The molecule has 0 spiro atoms. The van der Waals surface area contributed by atoms with Crippen LogP contribution in [0, 0.1) is 6.92 Å². The van der Waals surface area contributed by atoms with Crippen LogP contribution in [0.25, 0.3) is 0 Å². The van der Waals surface area contributed by atoms with E-state index in [1.54, 1.807) is 0 Å². The minimum absolute atomic E-state index is 0.0840. The maximum Gasteiger partial charge on any atom is 0.325 e. The summed E-state index contributed by atoms with van der Waals surface area (Å²) in [7, 11) is 1.40. The first kappa shape index (κ1) is 23.1. The monoisotopic (exact) mass is 455 g/mol. The molecule has 6 heteroatoms. The first-order valence-corrected chi connectivity index (χ1v) is 12.3. The third kappa shape index (κ3) is 4.98. The fourth-order valence-corrected chi connectivity index (χ4v) is 6.31. The number of aliphatic hydroxyl groups is 1. The molecule has 5 nitrogen and oxygen atoms in total. The summed E-state index contributed by atoms with van der Waals surface area (Å²) in [5, 5.41) is 11.0. The van der Waals surface area contributed by atoms with Crippen molar-refractivity contribution in [1.29, 1.82) is 0 Å². The van der Waals surface area contributed by atoms with E-state index in [1.807, 2.05) is 25.1 Å². The normalized spacial score (nSPS) is 24.3. The van der Waals surface area contributed by atoms with Crippen molar-refractivity contribution in [3.8, 4) is 5.75 Å². The zero-order valence-corrected chi connectivity index (χ0v) is 19.8. The Kier molecular flexibility index (Phi) is 7.44. The lowest BCUT2D eigenvalue weighted by Gasteiger charge is -2.35. The molecule has 0 bridgehead atoms. The number of nitrogens with zero attached hydrogens (tertiary/aromatic N) is 1. The Morgan fingerprint density at radius 1 is 1.22 bits per heavy atom. The van der Waals surface area contributed by atoms with Crippen molar-refractivity contribution in [2.24, 2.45) is 0 Å². The lowest BCUT2D eigenvalue weighted by molar-refractivity contribution is -0.147. The second kappa shape index (κ2) is 10.3. The van der Waals surface area contributed by atoms with Crippen molar-refractivity contribution >= 4 is 17.7 Å². The van der Waals surface area contributed by atoms with Gasteiger partial charge in [0.05, 0.1) is 12.0 Å². The number of aliphatic hydroxyl groups excluding tert-OH is 1. The molecule has 1 N–H and O–H groups in total. The van der Waals surface area contributed by atoms with Crippen molar-refractivity contribution in [3.05, 3.63) is 59.7 Å². The van der Waals surface area contributed by atoms with Gasteiger partial charge in [-0.2, -0.15) is 0 Å². The zero-order valence-electron chi connectivity index (χ0n) is 19.0. The summed E-state index contributed by atoms with van der Waals surface area (Å²) >= 11 is 1.40. The number of benzene rings is 2. The van der Waals surface area contributed by atoms with E-state index in [9.17, 15) is 9.90 Å². The number of rotatable bonds is 6. The first-order chi connectivity index (χ1) is 15.5. The van der Waals surface area contributed by atoms with E-state index in [0.29, 0.717) is 18.1 Å². The van der Waals surface area contributed by atoms with E-state index in [2.05, 4.69) is 35.2 Å². The summed E-state index contributed by atoms with van der Waals surface area (Å²) in [6, 6.07) is 16.7. The predicted octanol–water partition coefficient (Wildman–Crippen LogP) is 4.41. The van der Waals surface area contributed by atoms with Gasteiger partial charge >= 0.3 is 5.97 Å². The number of methoxy groups -OCH3 is 1. The Morgan fingerprint density at radius 3 is 2.69 bits per heavy atom. The van der Waals surface area contributed by atoms with Crippen LogP contribution < -0.4 is 4.74 Å². The van der Waals surface area contributed by atoms with Crippen LogP contribution in [0.15, 0.2) is 53.4 Å². The molecular weight excluding hydrogens is 422 g/mol. The number of aryl methyl sites for hydroxylation is 1. The maximum absolute atomic E-state index is 13.0. The number of fused-ring (bicyclic) bond motifs is 1. The van der Waals surface area contributed by atoms with Crippen LogP contribution in [0.1, 0.15) is 42.7 Å². The molecule has 2 atom stereocenters. The van der Waals surface area contributed by atoms with Gasteiger partial charge in [-0.25, -0.2) is 0 Å². The van der Waals surface area contributed by atoms with E-state index in [4.69, 9.17) is 9.47 Å². The highest BCUT2D eigenvalue weighted by Crippen LogP contribution is 2.47. The second-order valence-electron chi connectivity index (χ2n) is 8.89. The summed E-state index contributed by atoms with van der Waals surface area (Å²) in [6.07, 6.45) is 2.74. The highest BCUT2D eigenvalue weighted by atomic mass is 32.2. The van der Waals surface area contributed by atoms with E-state index >= 15 is 0 Å². The predicted molar refractivity (Wildman–Crippen MR) is 127 cm³/mol. The summed E-state index contributed by atoms with van der Waals surface area (Å²) in [4.78, 5) is 16.3. The molecule has 2 heterocycles. The molecule has 2 aliphatic heterocycles. The Balaban J connectivity index is 1.40. The fourth-order valence-electron chi connectivity index (χ4n) is 4.83. The number of hydrogen-bond donors (Lipinski definition) is 1. The third-order valence-electron chi connectivity index (χ3n) is 6.74. The summed E-state index contributed by atoms with van der Waals surface area (Å²) < 4.78 is 9.95. The molecule has 172 valence electrons. The van der Waals surface area contributed by atoms with Gasteiger partial charge < -0.3 is 19.5 Å². The van der Waals surface area contributed by atoms with Crippen LogP contribution in [0.5, 0.6) is 5.75 Å². The summed E-state index contributed by atoms with van der Waals surface area (Å²) in [6.45, 7) is 5.13. The third-order valence-corrected chi connectivity index (χ3v) is 8.28. The van der Waals surface area contributed by atoms with Crippen LogP contribution in [0.2, 0.25) is 0 Å². The maximum atomic E-state index is 13.0. The Bertz CT molecular complexity index is 913. The van der Waals surface area contributed by atoms with Gasteiger partial charge in [0.1, 0.15) is 23.2 Å². The van der Waals surface area contributed by atoms with Crippen molar-refractivity contribution < 1.29 is 19.4 Å². The SMILES string of the molecule is COC(=O)C1(CCCN2CCC(c3ccccc3)CC2)Sc2cc(C)ccc2OCC1O. The van der Waals surface area contributed by atoms with Gasteiger partial charge in [0, 0.05) is 0 Å². The Hall–Kier alpha value is -2.02. The minimum atomic E-state index is -1.06. The molecule has 0 aromatic heterocycles. The van der Waals surface area contributed by atoms with Crippen LogP contribution in [-0.2, 0) is 9.53 Å². The van der Waals surface area contributed by atoms with Crippen molar-refractivity contribution in [1.82, 2.24) is 4.90 Å². The molecule has 2 unspecified atom stereocenters. The molecule has 32 heavy (non-hydrogen) atoms. The highest BCUT2D eigenvalue weighted by molar-refractivity contribution is 8.01. The molecular formula is C26H33NO4S. The number of piperidine rings is 1. The molecule has 0 amide bonds. The highest BCUT2D eigenvalue weighted by Gasteiger charge is 2.49. The van der Waals surface area contributed by atoms with E-state index in [0.717, 1.165) is 49.4 Å². The smallest absolute Gasteiger partial charge is 0.325 e. The Morgan fingerprint density at radius 2 is 1.97 bits per heavy atom. The van der Waals surface area contributed by atoms with Crippen LogP contribution >= 0.6 is 11.8 Å².